The number of allylic oxidation sites excluding steroid dienone is 1. The molecule has 0 spiro atoms. The normalized spacial score (nSPS) is 18.7. The fraction of sp³-hybridized carbons (Fsp3) is 0.400. The van der Waals surface area contributed by atoms with Gasteiger partial charge < -0.3 is 4.90 Å². The van der Waals surface area contributed by atoms with Gasteiger partial charge in [-0.2, -0.15) is 13.2 Å². The number of nitrogens with zero attached hydrogens (tertiary/aromatic N) is 2. The van der Waals surface area contributed by atoms with Crippen LogP contribution in [0.1, 0.15) is 12.0 Å². The zero-order valence-corrected chi connectivity index (χ0v) is 14.2. The lowest BCUT2D eigenvalue weighted by atomic mass is 10.1. The van der Waals surface area contributed by atoms with E-state index < -0.39 is 58.0 Å². The number of rotatable bonds is 6. The number of nitro groups is 1. The Balaban J connectivity index is 2.20. The summed E-state index contributed by atoms with van der Waals surface area (Å²) in [5, 5.41) is 11.9. The van der Waals surface area contributed by atoms with Crippen molar-refractivity contribution in [3.8, 4) is 0 Å². The molecule has 1 aromatic carbocycles. The molecule has 0 aromatic heterocycles. The number of carbonyl (C=O) groups excluding carboxylic acids is 1. The van der Waals surface area contributed by atoms with E-state index in [1.807, 2.05) is 0 Å². The molecular formula is C15H15F3N2O5S. The second kappa shape index (κ2) is 7.44. The molecule has 7 nitrogen and oxygen atoms in total. The zero-order valence-electron chi connectivity index (χ0n) is 13.3. The van der Waals surface area contributed by atoms with Gasteiger partial charge in [-0.15, -0.1) is 0 Å². The van der Waals surface area contributed by atoms with Gasteiger partial charge in [0, 0.05) is 29.4 Å². The van der Waals surface area contributed by atoms with Gasteiger partial charge in [0.15, 0.2) is 9.84 Å². The van der Waals surface area contributed by atoms with Crippen molar-refractivity contribution < 1.29 is 31.3 Å². The van der Waals surface area contributed by atoms with E-state index in [0.717, 1.165) is 11.5 Å². The Bertz CT molecular complexity index is 836. The van der Waals surface area contributed by atoms with Crippen LogP contribution in [0.2, 0.25) is 0 Å². The standard InChI is InChI=1S/C15H15F3N2O5S/c16-15(17,18)10-19(8-12-3-1-2-4-13(12)20(22)23)14(21)7-11-5-6-26(24,25)9-11/h1-6,11H,7-10H2/t11-/m1/s1. The number of alkyl halides is 3. The zero-order chi connectivity index (χ0) is 19.5. The first kappa shape index (κ1) is 19.9. The summed E-state index contributed by atoms with van der Waals surface area (Å²) in [5.74, 6) is -1.98. The molecule has 0 unspecified atom stereocenters. The maximum Gasteiger partial charge on any atom is 0.406 e. The van der Waals surface area contributed by atoms with E-state index in [1.54, 1.807) is 0 Å². The molecule has 1 aliphatic rings. The van der Waals surface area contributed by atoms with Gasteiger partial charge in [0.2, 0.25) is 5.91 Å². The van der Waals surface area contributed by atoms with E-state index in [-0.39, 0.29) is 11.3 Å². The van der Waals surface area contributed by atoms with Gasteiger partial charge in [-0.3, -0.25) is 14.9 Å². The Morgan fingerprint density at radius 1 is 1.31 bits per heavy atom. The van der Waals surface area contributed by atoms with Gasteiger partial charge in [-0.05, 0) is 0 Å². The number of benzene rings is 1. The number of carbonyl (C=O) groups is 1. The van der Waals surface area contributed by atoms with Gasteiger partial charge in [0.1, 0.15) is 6.54 Å². The second-order valence-electron chi connectivity index (χ2n) is 5.87. The fourth-order valence-corrected chi connectivity index (χ4v) is 4.00. The first-order valence-corrected chi connectivity index (χ1v) is 9.16. The summed E-state index contributed by atoms with van der Waals surface area (Å²) in [5.41, 5.74) is -0.430. The molecule has 142 valence electrons. The van der Waals surface area contributed by atoms with Crippen LogP contribution in [0.25, 0.3) is 0 Å². The first-order chi connectivity index (χ1) is 12.0. The summed E-state index contributed by atoms with van der Waals surface area (Å²) >= 11 is 0. The van der Waals surface area contributed by atoms with Gasteiger partial charge in [-0.25, -0.2) is 8.42 Å². The molecule has 1 amide bonds. The van der Waals surface area contributed by atoms with Crippen LogP contribution in [-0.2, 0) is 21.2 Å². The molecular weight excluding hydrogens is 377 g/mol. The van der Waals surface area contributed by atoms with Crippen LogP contribution in [-0.4, -0.2) is 42.6 Å². The maximum absolute atomic E-state index is 12.8. The van der Waals surface area contributed by atoms with Crippen LogP contribution < -0.4 is 0 Å². The molecule has 1 aromatic rings. The van der Waals surface area contributed by atoms with Gasteiger partial charge >= 0.3 is 6.18 Å². The van der Waals surface area contributed by atoms with Gasteiger partial charge in [0.05, 0.1) is 17.2 Å². The minimum Gasteiger partial charge on any atom is -0.329 e. The number of para-hydroxylation sites is 1. The number of amides is 1. The van der Waals surface area contributed by atoms with Crippen LogP contribution >= 0.6 is 0 Å². The van der Waals surface area contributed by atoms with Crippen LogP contribution in [0.3, 0.4) is 0 Å². The SMILES string of the molecule is O=C(C[C@H]1C=CS(=O)(=O)C1)N(Cc1ccccc1[N+](=O)[O-])CC(F)(F)F. The maximum atomic E-state index is 12.8. The topological polar surface area (TPSA) is 97.6 Å². The summed E-state index contributed by atoms with van der Waals surface area (Å²) in [6.07, 6.45) is -3.85. The third-order valence-corrected chi connectivity index (χ3v) is 5.18. The molecule has 0 radical (unpaired) electrons. The Hall–Kier alpha value is -2.43. The largest absolute Gasteiger partial charge is 0.406 e. The first-order valence-electron chi connectivity index (χ1n) is 7.44. The molecule has 2 rings (SSSR count). The lowest BCUT2D eigenvalue weighted by molar-refractivity contribution is -0.385. The minimum atomic E-state index is -4.70. The Labute approximate surface area is 147 Å². The number of sulfone groups is 1. The average Bonchev–Trinajstić information content (AvgIpc) is 2.84. The molecule has 0 saturated heterocycles. The highest BCUT2D eigenvalue weighted by molar-refractivity contribution is 7.94. The molecule has 0 N–H and O–H groups in total. The monoisotopic (exact) mass is 392 g/mol. The quantitative estimate of drug-likeness (QED) is 0.547. The fourth-order valence-electron chi connectivity index (χ4n) is 2.60. The highest BCUT2D eigenvalue weighted by Crippen LogP contribution is 2.25. The predicted octanol–water partition coefficient (Wildman–Crippen LogP) is 2.43. The van der Waals surface area contributed by atoms with E-state index >= 15 is 0 Å². The van der Waals surface area contributed by atoms with Crippen molar-refractivity contribution in [1.82, 2.24) is 4.90 Å². The Morgan fingerprint density at radius 3 is 2.50 bits per heavy atom. The van der Waals surface area contributed by atoms with Gasteiger partial charge in [-0.1, -0.05) is 24.3 Å². The lowest BCUT2D eigenvalue weighted by Crippen LogP contribution is -2.39. The van der Waals surface area contributed by atoms with E-state index in [4.69, 9.17) is 0 Å². The summed E-state index contributed by atoms with van der Waals surface area (Å²) in [4.78, 5) is 23.0. The van der Waals surface area contributed by atoms with Crippen LogP contribution in [0, 0.1) is 16.0 Å². The molecule has 0 bridgehead atoms. The molecule has 1 aliphatic heterocycles. The molecule has 0 aliphatic carbocycles. The van der Waals surface area contributed by atoms with Crippen molar-refractivity contribution in [3.63, 3.8) is 0 Å². The molecule has 0 saturated carbocycles. The Morgan fingerprint density at radius 2 is 1.96 bits per heavy atom. The van der Waals surface area contributed by atoms with Crippen molar-refractivity contribution in [2.45, 2.75) is 19.1 Å². The smallest absolute Gasteiger partial charge is 0.329 e. The van der Waals surface area contributed by atoms with E-state index in [9.17, 15) is 36.5 Å². The van der Waals surface area contributed by atoms with Crippen molar-refractivity contribution in [3.05, 3.63) is 51.4 Å². The van der Waals surface area contributed by atoms with Crippen molar-refractivity contribution in [2.75, 3.05) is 12.3 Å². The summed E-state index contributed by atoms with van der Waals surface area (Å²) in [6.45, 7) is -2.18. The third kappa shape index (κ3) is 5.55. The van der Waals surface area contributed by atoms with E-state index in [1.165, 1.54) is 24.3 Å². The highest BCUT2D eigenvalue weighted by Gasteiger charge is 2.35. The molecule has 1 heterocycles. The third-order valence-electron chi connectivity index (χ3n) is 3.71. The molecule has 26 heavy (non-hydrogen) atoms. The second-order valence-corrected chi connectivity index (χ2v) is 7.80. The number of hydrogen-bond donors (Lipinski definition) is 0. The minimum absolute atomic E-state index is 0.0373. The average molecular weight is 392 g/mol. The summed E-state index contributed by atoms with van der Waals surface area (Å²) < 4.78 is 61.2. The van der Waals surface area contributed by atoms with Crippen molar-refractivity contribution in [1.29, 1.82) is 0 Å². The van der Waals surface area contributed by atoms with E-state index in [2.05, 4.69) is 0 Å². The number of hydrogen-bond acceptors (Lipinski definition) is 5. The summed E-state index contributed by atoms with van der Waals surface area (Å²) in [6, 6.07) is 5.20. The van der Waals surface area contributed by atoms with Crippen LogP contribution in [0.15, 0.2) is 35.7 Å². The Kier molecular flexibility index (Phi) is 5.69. The van der Waals surface area contributed by atoms with Crippen LogP contribution in [0.4, 0.5) is 18.9 Å². The highest BCUT2D eigenvalue weighted by atomic mass is 32.2. The lowest BCUT2D eigenvalue weighted by Gasteiger charge is -2.25. The molecule has 1 atom stereocenters. The van der Waals surface area contributed by atoms with Gasteiger partial charge in [0.25, 0.3) is 5.69 Å². The van der Waals surface area contributed by atoms with Crippen LogP contribution in [0.5, 0.6) is 0 Å². The molecule has 11 heteroatoms. The summed E-state index contributed by atoms with van der Waals surface area (Å²) in [7, 11) is -3.44. The number of halogens is 3. The number of nitro benzene ring substituents is 1. The van der Waals surface area contributed by atoms with Crippen molar-refractivity contribution in [2.24, 2.45) is 5.92 Å². The van der Waals surface area contributed by atoms with Crippen molar-refractivity contribution >= 4 is 21.4 Å². The predicted molar refractivity (Wildman–Crippen MR) is 85.6 cm³/mol. The molecule has 0 fully saturated rings. The van der Waals surface area contributed by atoms with E-state index in [0.29, 0.717) is 4.90 Å².